The van der Waals surface area contributed by atoms with E-state index in [9.17, 15) is 0 Å². The second kappa shape index (κ2) is 7.86. The highest BCUT2D eigenvalue weighted by Gasteiger charge is 2.11. The molecule has 0 saturated heterocycles. The van der Waals surface area contributed by atoms with Crippen LogP contribution in [0.15, 0.2) is 67.0 Å². The van der Waals surface area contributed by atoms with Gasteiger partial charge < -0.3 is 9.72 Å². The van der Waals surface area contributed by atoms with E-state index in [-0.39, 0.29) is 0 Å². The van der Waals surface area contributed by atoms with Gasteiger partial charge in [0.1, 0.15) is 18.1 Å². The van der Waals surface area contributed by atoms with Crippen LogP contribution in [0, 0.1) is 6.92 Å². The lowest BCUT2D eigenvalue weighted by Crippen LogP contribution is -2.03. The third-order valence-electron chi connectivity index (χ3n) is 5.68. The largest absolute Gasteiger partial charge is 0.486 e. The van der Waals surface area contributed by atoms with E-state index in [1.165, 1.54) is 10.8 Å². The maximum Gasteiger partial charge on any atom is 0.134 e. The summed E-state index contributed by atoms with van der Waals surface area (Å²) in [5, 5.41) is 12.4. The van der Waals surface area contributed by atoms with E-state index >= 15 is 0 Å². The molecule has 0 spiro atoms. The van der Waals surface area contributed by atoms with E-state index in [2.05, 4.69) is 44.5 Å². The normalized spacial score (nSPS) is 11.6. The number of aromatic nitrogens is 6. The first-order valence-corrected chi connectivity index (χ1v) is 10.9. The fourth-order valence-electron chi connectivity index (χ4n) is 4.17. The number of nitrogens with one attached hydrogen (secondary N) is 1. The fourth-order valence-corrected chi connectivity index (χ4v) is 4.34. The molecule has 0 bridgehead atoms. The minimum atomic E-state index is 0.301. The summed E-state index contributed by atoms with van der Waals surface area (Å²) in [5.74, 6) is 0.730. The Hall–Kier alpha value is -3.97. The van der Waals surface area contributed by atoms with Crippen molar-refractivity contribution in [2.75, 3.05) is 0 Å². The van der Waals surface area contributed by atoms with Crippen LogP contribution in [0.4, 0.5) is 0 Å². The fraction of sp³-hybridized carbons (Fsp3) is 0.120. The monoisotopic (exact) mass is 454 g/mol. The van der Waals surface area contributed by atoms with Gasteiger partial charge in [0, 0.05) is 32.9 Å². The molecule has 0 aliphatic heterocycles. The number of para-hydroxylation sites is 1. The number of halogens is 1. The molecule has 162 valence electrons. The van der Waals surface area contributed by atoms with Crippen molar-refractivity contribution < 1.29 is 4.74 Å². The summed E-state index contributed by atoms with van der Waals surface area (Å²) in [6, 6.07) is 17.8. The van der Waals surface area contributed by atoms with Crippen LogP contribution in [0.2, 0.25) is 5.02 Å². The predicted molar refractivity (Wildman–Crippen MR) is 129 cm³/mol. The number of aromatic amines is 1. The van der Waals surface area contributed by atoms with E-state index < -0.39 is 0 Å². The van der Waals surface area contributed by atoms with Crippen LogP contribution in [0.3, 0.4) is 0 Å². The number of pyridine rings is 2. The molecule has 6 aromatic rings. The van der Waals surface area contributed by atoms with Gasteiger partial charge in [-0.05, 0) is 43.3 Å². The second-order valence-electron chi connectivity index (χ2n) is 7.96. The Bertz CT molecular complexity index is 1640. The summed E-state index contributed by atoms with van der Waals surface area (Å²) in [7, 11) is 0. The van der Waals surface area contributed by atoms with Crippen molar-refractivity contribution in [2.24, 2.45) is 0 Å². The average Bonchev–Trinajstić information content (AvgIpc) is 3.42. The van der Waals surface area contributed by atoms with Gasteiger partial charge in [-0.25, -0.2) is 4.68 Å². The molecule has 1 N–H and O–H groups in total. The molecular formula is C25H19ClN6O. The molecule has 4 heterocycles. The second-order valence-corrected chi connectivity index (χ2v) is 8.40. The van der Waals surface area contributed by atoms with Crippen LogP contribution in [-0.2, 0) is 13.2 Å². The molecule has 0 aliphatic carbocycles. The van der Waals surface area contributed by atoms with Gasteiger partial charge >= 0.3 is 0 Å². The molecular weight excluding hydrogens is 436 g/mol. The van der Waals surface area contributed by atoms with Crippen molar-refractivity contribution in [3.05, 3.63) is 89.1 Å². The summed E-state index contributed by atoms with van der Waals surface area (Å²) in [6.07, 6.45) is 3.59. The predicted octanol–water partition coefficient (Wildman–Crippen LogP) is 5.44. The topological polar surface area (TPSA) is 81.5 Å². The number of fused-ring (bicyclic) bond motifs is 4. The Labute approximate surface area is 194 Å². The van der Waals surface area contributed by atoms with Gasteiger partial charge in [-0.1, -0.05) is 35.0 Å². The summed E-state index contributed by atoms with van der Waals surface area (Å²) < 4.78 is 7.79. The molecule has 33 heavy (non-hydrogen) atoms. The number of rotatable bonds is 5. The van der Waals surface area contributed by atoms with Gasteiger partial charge in [0.05, 0.1) is 35.2 Å². The minimum absolute atomic E-state index is 0.301. The third kappa shape index (κ3) is 3.66. The zero-order valence-electron chi connectivity index (χ0n) is 17.8. The molecule has 2 aromatic carbocycles. The maximum absolute atomic E-state index is 6.07. The van der Waals surface area contributed by atoms with Crippen LogP contribution in [0.1, 0.15) is 17.1 Å². The number of ether oxygens (including phenoxy) is 1. The number of aryl methyl sites for hydroxylation is 1. The molecule has 0 amide bonds. The highest BCUT2D eigenvalue weighted by Crippen LogP contribution is 2.28. The first kappa shape index (κ1) is 19.7. The first-order chi connectivity index (χ1) is 16.1. The van der Waals surface area contributed by atoms with Crippen molar-refractivity contribution in [1.29, 1.82) is 0 Å². The minimum Gasteiger partial charge on any atom is -0.486 e. The van der Waals surface area contributed by atoms with E-state index in [0.717, 1.165) is 44.8 Å². The zero-order chi connectivity index (χ0) is 22.4. The lowest BCUT2D eigenvalue weighted by molar-refractivity contribution is 0.304. The van der Waals surface area contributed by atoms with Crippen LogP contribution in [0.5, 0.6) is 5.75 Å². The number of nitrogens with zero attached hydrogens (tertiary/aromatic N) is 5. The quantitative estimate of drug-likeness (QED) is 0.375. The van der Waals surface area contributed by atoms with Crippen LogP contribution < -0.4 is 4.74 Å². The average molecular weight is 455 g/mol. The number of hydrogen-bond donors (Lipinski definition) is 1. The highest BCUT2D eigenvalue weighted by molar-refractivity contribution is 6.31. The van der Waals surface area contributed by atoms with E-state index in [0.29, 0.717) is 18.2 Å². The summed E-state index contributed by atoms with van der Waals surface area (Å²) in [4.78, 5) is 12.6. The Balaban J connectivity index is 1.22. The lowest BCUT2D eigenvalue weighted by Gasteiger charge is -2.07. The van der Waals surface area contributed by atoms with E-state index in [1.807, 2.05) is 43.5 Å². The summed E-state index contributed by atoms with van der Waals surface area (Å²) >= 11 is 6.07. The molecule has 0 unspecified atom stereocenters. The molecule has 6 rings (SSSR count). The number of H-pyrrole nitrogens is 1. The van der Waals surface area contributed by atoms with Crippen LogP contribution in [-0.4, -0.2) is 29.9 Å². The van der Waals surface area contributed by atoms with E-state index in [1.54, 1.807) is 10.9 Å². The molecule has 7 nitrogen and oxygen atoms in total. The highest BCUT2D eigenvalue weighted by atomic mass is 35.5. The summed E-state index contributed by atoms with van der Waals surface area (Å²) in [5.41, 5.74) is 5.60. The van der Waals surface area contributed by atoms with Gasteiger partial charge in [0.25, 0.3) is 0 Å². The van der Waals surface area contributed by atoms with Crippen LogP contribution >= 0.6 is 11.6 Å². The molecule has 0 atom stereocenters. The van der Waals surface area contributed by atoms with E-state index in [4.69, 9.17) is 21.3 Å². The Morgan fingerprint density at radius 2 is 1.91 bits per heavy atom. The maximum atomic E-state index is 6.07. The summed E-state index contributed by atoms with van der Waals surface area (Å²) in [6.45, 7) is 2.85. The molecule has 8 heteroatoms. The van der Waals surface area contributed by atoms with Crippen molar-refractivity contribution in [2.45, 2.75) is 20.1 Å². The van der Waals surface area contributed by atoms with Gasteiger partial charge in [-0.2, -0.15) is 0 Å². The Morgan fingerprint density at radius 3 is 2.85 bits per heavy atom. The zero-order valence-corrected chi connectivity index (χ0v) is 18.5. The van der Waals surface area contributed by atoms with Gasteiger partial charge in [0.15, 0.2) is 0 Å². The third-order valence-corrected chi connectivity index (χ3v) is 5.92. The number of benzene rings is 2. The molecule has 0 saturated carbocycles. The van der Waals surface area contributed by atoms with Crippen molar-refractivity contribution in [3.63, 3.8) is 0 Å². The molecule has 0 aliphatic rings. The van der Waals surface area contributed by atoms with Crippen molar-refractivity contribution >= 4 is 44.3 Å². The molecule has 0 radical (unpaired) electrons. The van der Waals surface area contributed by atoms with Gasteiger partial charge in [-0.15, -0.1) is 5.10 Å². The SMILES string of the molecule is Cc1nc(Cn2cc(COc3ccnc4cc(Cl)ccc34)nn2)cc2c1[nH]c1ccccc12. The van der Waals surface area contributed by atoms with Crippen LogP contribution in [0.25, 0.3) is 32.7 Å². The Morgan fingerprint density at radius 1 is 1.00 bits per heavy atom. The first-order valence-electron chi connectivity index (χ1n) is 10.6. The van der Waals surface area contributed by atoms with Crippen molar-refractivity contribution in [3.8, 4) is 5.75 Å². The van der Waals surface area contributed by atoms with Gasteiger partial charge in [0.2, 0.25) is 0 Å². The Kier molecular flexibility index (Phi) is 4.69. The van der Waals surface area contributed by atoms with Crippen molar-refractivity contribution in [1.82, 2.24) is 29.9 Å². The molecule has 4 aromatic heterocycles. The number of hydrogen-bond acceptors (Lipinski definition) is 5. The van der Waals surface area contributed by atoms with Gasteiger partial charge in [-0.3, -0.25) is 9.97 Å². The molecule has 0 fully saturated rings. The lowest BCUT2D eigenvalue weighted by atomic mass is 10.1. The smallest absolute Gasteiger partial charge is 0.134 e. The standard InChI is InChI=1S/C25H19ClN6O/c1-15-25-21(19-4-2-3-5-22(19)29-25)11-17(28-15)12-32-13-18(30-31-32)14-33-24-8-9-27-23-10-16(26)6-7-20(23)24/h2-11,13,29H,12,14H2,1H3.